The van der Waals surface area contributed by atoms with Gasteiger partial charge in [0.05, 0.1) is 55.4 Å². The van der Waals surface area contributed by atoms with Crippen molar-refractivity contribution in [3.8, 4) is 28.7 Å². The average molecular weight is 1620 g/mol. The maximum absolute atomic E-state index is 12.4. The number of carbonyl (C=O) groups excluding carboxylic acids is 5. The van der Waals surface area contributed by atoms with Gasteiger partial charge in [-0.15, -0.1) is 65.9 Å². The number of non-ortho nitro benzene ring substituents is 1. The molecule has 3 aliphatic heterocycles. The van der Waals surface area contributed by atoms with Gasteiger partial charge in [-0.25, -0.2) is 25.2 Å². The molecular weight excluding hydrogens is 1560 g/mol. The number of aromatic carboxylic acids is 1. The molecule has 3 amide bonds. The Kier molecular flexibility index (Phi) is 30.5. The number of aromatic amines is 1. The van der Waals surface area contributed by atoms with Gasteiger partial charge in [0.15, 0.2) is 5.69 Å². The third kappa shape index (κ3) is 23.8. The molecule has 0 bridgehead atoms. The van der Waals surface area contributed by atoms with Crippen LogP contribution in [0.1, 0.15) is 89.4 Å². The van der Waals surface area contributed by atoms with Gasteiger partial charge in [0.1, 0.15) is 28.7 Å². The number of nitrogens with zero attached hydrogens (tertiary/aromatic N) is 3. The molecular formula is C64H61F15N10O23. The minimum atomic E-state index is -4.93. The monoisotopic (exact) mass is 1620 g/mol. The number of hydrogen-bond acceptors (Lipinski definition) is 26. The molecule has 0 saturated carbocycles. The predicted octanol–water partition coefficient (Wildman–Crippen LogP) is 11.5. The van der Waals surface area contributed by atoms with Crippen molar-refractivity contribution in [2.45, 2.75) is 90.7 Å². The summed E-state index contributed by atoms with van der Waals surface area (Å²) in [5.41, 5.74) is 2.85. The second-order valence-electron chi connectivity index (χ2n) is 21.1. The topological polar surface area (TPSA) is 460 Å². The number of ketones is 1. The van der Waals surface area contributed by atoms with Gasteiger partial charge in [-0.2, -0.15) is 11.0 Å². The van der Waals surface area contributed by atoms with E-state index in [2.05, 4.69) is 60.7 Å². The van der Waals surface area contributed by atoms with Crippen LogP contribution in [0.4, 0.5) is 94.3 Å². The molecule has 3 aliphatic rings. The number of carboxylic acids is 2. The van der Waals surface area contributed by atoms with Gasteiger partial charge in [-0.3, -0.25) is 40.2 Å². The Bertz CT molecular complexity index is 4490. The first-order valence-electron chi connectivity index (χ1n) is 31.2. The number of nitrogen functional groups attached to an aromatic ring is 1. The molecule has 0 radical (unpaired) electrons. The summed E-state index contributed by atoms with van der Waals surface area (Å²) in [7, 11) is 0. The molecule has 10 rings (SSSR count). The number of carboxylic acid groups (broad SMARTS) is 2. The number of alkyl halides is 15. The van der Waals surface area contributed by atoms with Gasteiger partial charge in [0, 0.05) is 62.7 Å². The smallest absolute Gasteiger partial charge is 0.477 e. The zero-order chi connectivity index (χ0) is 84.3. The van der Waals surface area contributed by atoms with Crippen LogP contribution in [0.15, 0.2) is 115 Å². The lowest BCUT2D eigenvalue weighted by molar-refractivity contribution is -0.384. The molecule has 12 N–H and O–H groups in total. The quantitative estimate of drug-likeness (QED) is 0.00546. The van der Waals surface area contributed by atoms with Gasteiger partial charge in [-0.1, -0.05) is 0 Å². The maximum Gasteiger partial charge on any atom is 0.573 e. The highest BCUT2D eigenvalue weighted by Crippen LogP contribution is 2.46. The zero-order valence-electron chi connectivity index (χ0n) is 57.9. The van der Waals surface area contributed by atoms with Crippen LogP contribution in [-0.4, -0.2) is 138 Å². The molecule has 1 aromatic heterocycles. The van der Waals surface area contributed by atoms with E-state index in [4.69, 9.17) is 45.2 Å². The van der Waals surface area contributed by atoms with E-state index in [0.717, 1.165) is 71.7 Å². The lowest BCUT2D eigenvalue weighted by Crippen LogP contribution is -2.47. The van der Waals surface area contributed by atoms with Crippen molar-refractivity contribution >= 4 is 80.8 Å². The minimum Gasteiger partial charge on any atom is -0.477 e. The number of hydrazine groups is 2. The number of H-pyrrole nitrogens is 1. The van der Waals surface area contributed by atoms with Crippen molar-refractivity contribution < 1.29 is 171 Å². The first kappa shape index (κ1) is 90.7. The molecule has 0 unspecified atom stereocenters. The number of nitro benzene ring substituents is 1. The predicted molar refractivity (Wildman–Crippen MR) is 348 cm³/mol. The molecule has 112 heavy (non-hydrogen) atoms. The standard InChI is InChI=1S/C13H17F3N2O5.C13H15F3N2O4.C13H14F3NO4.C9H5F3N2O3.C9H4F3NO3.C7H6N2O4/c1-3-21-12(11(19)20,22-4-2)9-7-8(23-13(14,15)16)5-6-10(9)18-17;1-3-20-12(21-4-2)9-7-8(22-13(14,15)16)5-6-10(9)18(17)11(12)19;1-3-19-12(20-4-2)9-7-8(21-13(14,15)16)5-6-10(9)17-11(12)18;10-9(11,12)17-4-1-2-6-5(3-4)7(8(15)16)14-13-6;10-9(11,12)16-4-1-2-6-5(3-4)7(14)8(15)13-6;8-13-7(10)5-1-3-6(4-2-5)9(11)12/h5-7,18H,3-4,17H2,1-2H3,(H,19,20);5-7H,3-4,17H2,1-2H3;5-7H,3-4H2,1-2H3,(H,17,18);1-3H,(H,13,14)(H,15,16);1-3H,(H,13,14,15);1-4H,8H2. The molecule has 4 heterocycles. The number of nitrogens with one attached hydrogen (secondary N) is 4. The summed E-state index contributed by atoms with van der Waals surface area (Å²) >= 11 is 0. The number of aliphatic carboxylic acids is 1. The van der Waals surface area contributed by atoms with E-state index in [9.17, 15) is 115 Å². The van der Waals surface area contributed by atoms with Gasteiger partial charge >= 0.3 is 55.6 Å². The number of anilines is 4. The molecule has 48 heteroatoms. The number of benzene rings is 6. The summed E-state index contributed by atoms with van der Waals surface area (Å²) in [6.45, 7) is 9.96. The Morgan fingerprint density at radius 3 is 1.45 bits per heavy atom. The average Bonchev–Trinajstić information content (AvgIpc) is 1.59. The van der Waals surface area contributed by atoms with E-state index >= 15 is 0 Å². The van der Waals surface area contributed by atoms with E-state index in [-0.39, 0.29) is 101 Å². The largest absolute Gasteiger partial charge is 0.573 e. The minimum absolute atomic E-state index is 0.0174. The van der Waals surface area contributed by atoms with E-state index in [1.165, 1.54) is 62.4 Å². The fourth-order valence-electron chi connectivity index (χ4n) is 9.88. The number of rotatable bonds is 23. The molecule has 0 spiro atoms. The highest BCUT2D eigenvalue weighted by Gasteiger charge is 2.54. The van der Waals surface area contributed by atoms with E-state index < -0.39 is 124 Å². The zero-order valence-corrected chi connectivity index (χ0v) is 57.9. The number of fused-ring (bicyclic) bond motifs is 4. The normalized spacial score (nSPS) is 13.8. The Morgan fingerprint density at radius 1 is 0.562 bits per heavy atom. The first-order valence-corrected chi connectivity index (χ1v) is 31.2. The van der Waals surface area contributed by atoms with Crippen molar-refractivity contribution in [3.05, 3.63) is 159 Å². The van der Waals surface area contributed by atoms with E-state index in [1.807, 2.05) is 0 Å². The van der Waals surface area contributed by atoms with Crippen molar-refractivity contribution in [1.82, 2.24) is 10.2 Å². The van der Waals surface area contributed by atoms with Crippen LogP contribution in [0.25, 0.3) is 10.9 Å². The number of hydrogen-bond donors (Lipinski definition) is 9. The summed E-state index contributed by atoms with van der Waals surface area (Å²) < 4.78 is 233. The second-order valence-corrected chi connectivity index (χ2v) is 21.1. The van der Waals surface area contributed by atoms with Crippen molar-refractivity contribution in [2.75, 3.05) is 60.7 Å². The van der Waals surface area contributed by atoms with Gasteiger partial charge in [-0.05, 0) is 145 Å². The lowest BCUT2D eigenvalue weighted by Gasteiger charge is -2.31. The molecule has 33 nitrogen and oxygen atoms in total. The van der Waals surface area contributed by atoms with Crippen LogP contribution in [-0.2, 0) is 69.8 Å². The number of amides is 3. The second kappa shape index (κ2) is 37.7. The number of halogens is 15. The summed E-state index contributed by atoms with van der Waals surface area (Å²) in [6.07, 6.45) is -24.2. The number of nitrogens with two attached hydrogens (primary N) is 3. The van der Waals surface area contributed by atoms with Crippen molar-refractivity contribution in [3.63, 3.8) is 0 Å². The Labute approximate surface area is 617 Å². The summed E-state index contributed by atoms with van der Waals surface area (Å²) in [5, 5.41) is 39.9. The number of aromatic nitrogens is 2. The molecule has 0 fully saturated rings. The molecule has 7 aromatic rings. The summed E-state index contributed by atoms with van der Waals surface area (Å²) in [6, 6.07) is 21.1. The third-order valence-electron chi connectivity index (χ3n) is 13.9. The van der Waals surface area contributed by atoms with Crippen LogP contribution >= 0.6 is 0 Å². The fraction of sp³-hybridized carbons (Fsp3) is 0.312. The molecule has 610 valence electrons. The van der Waals surface area contributed by atoms with Crippen LogP contribution in [0, 0.1) is 10.1 Å². The molecule has 6 aromatic carbocycles. The highest BCUT2D eigenvalue weighted by molar-refractivity contribution is 6.51. The molecule has 0 aliphatic carbocycles. The lowest BCUT2D eigenvalue weighted by atomic mass is 10.0. The molecule has 0 atom stereocenters. The number of ether oxygens (including phenoxy) is 11. The van der Waals surface area contributed by atoms with Crippen LogP contribution in [0.3, 0.4) is 0 Å². The van der Waals surface area contributed by atoms with Gasteiger partial charge in [0.25, 0.3) is 40.6 Å². The summed E-state index contributed by atoms with van der Waals surface area (Å²) in [5.74, 6) is 0.443. The van der Waals surface area contributed by atoms with Crippen molar-refractivity contribution in [2.24, 2.45) is 17.6 Å². The number of nitro groups is 1. The van der Waals surface area contributed by atoms with E-state index in [0.29, 0.717) is 11.2 Å². The number of Topliss-reactive ketones (excluding diaryl/α,β-unsaturated/α-hetero) is 1. The van der Waals surface area contributed by atoms with Gasteiger partial charge in [0.2, 0.25) is 0 Å². The fourth-order valence-corrected chi connectivity index (χ4v) is 9.88. The van der Waals surface area contributed by atoms with Crippen LogP contribution in [0.2, 0.25) is 0 Å². The summed E-state index contributed by atoms with van der Waals surface area (Å²) in [4.78, 5) is 93.3. The Hall–Kier alpha value is -11.9. The van der Waals surface area contributed by atoms with Crippen molar-refractivity contribution in [1.29, 1.82) is 0 Å². The third-order valence-corrected chi connectivity index (χ3v) is 13.9. The SMILES string of the molecule is CCOC(OCC)(C(=O)O)c1cc(OC(F)(F)F)ccc1NN.CCOC1(OCC)C(=O)N(N)c2ccc(OC(F)(F)F)cc21.CCOC1(OCC)C(=O)Nc2ccc(OC(F)(F)F)cc21.NOC(=O)c1ccc([N+](=O)[O-])cc1.O=C(O)c1n[nH]c2ccc(OC(F)(F)F)cc12.O=C1Nc2ccc(OC(F)(F)F)cc2C1=O. The molecule has 0 saturated heterocycles. The Morgan fingerprint density at radius 2 is 1.00 bits per heavy atom. The van der Waals surface area contributed by atoms with Crippen LogP contribution < -0.4 is 62.3 Å². The van der Waals surface area contributed by atoms with Gasteiger partial charge < -0.3 is 83.2 Å². The number of carbonyl (C=O) groups is 7. The maximum atomic E-state index is 12.4. The highest BCUT2D eigenvalue weighted by atomic mass is 19.4. The first-order chi connectivity index (χ1) is 52.1. The van der Waals surface area contributed by atoms with E-state index in [1.54, 1.807) is 27.7 Å². The Balaban J connectivity index is 0.000000242. The van der Waals surface area contributed by atoms with Crippen LogP contribution in [0.5, 0.6) is 28.7 Å².